The van der Waals surface area contributed by atoms with E-state index in [1.54, 1.807) is 13.2 Å². The highest BCUT2D eigenvalue weighted by atomic mass is 79.9. The van der Waals surface area contributed by atoms with Crippen LogP contribution in [0, 0.1) is 16.0 Å². The van der Waals surface area contributed by atoms with Crippen molar-refractivity contribution in [3.63, 3.8) is 0 Å². The monoisotopic (exact) mass is 328 g/mol. The van der Waals surface area contributed by atoms with E-state index < -0.39 is 0 Å². The Bertz CT molecular complexity index is 459. The number of anilines is 1. The summed E-state index contributed by atoms with van der Waals surface area (Å²) in [6, 6.07) is 5.24. The molecule has 0 atom stereocenters. The Labute approximate surface area is 120 Å². The zero-order chi connectivity index (χ0) is 13.8. The number of nitrogens with zero attached hydrogens (tertiary/aromatic N) is 2. The Morgan fingerprint density at radius 1 is 1.47 bits per heavy atom. The van der Waals surface area contributed by atoms with Crippen molar-refractivity contribution in [3.05, 3.63) is 32.8 Å². The van der Waals surface area contributed by atoms with Crippen LogP contribution in [-0.4, -0.2) is 31.7 Å². The molecule has 1 saturated heterocycles. The van der Waals surface area contributed by atoms with Crippen molar-refractivity contribution in [2.75, 3.05) is 31.7 Å². The van der Waals surface area contributed by atoms with Crippen molar-refractivity contribution in [1.29, 1.82) is 0 Å². The molecule has 6 heteroatoms. The smallest absolute Gasteiger partial charge is 0.293 e. The topological polar surface area (TPSA) is 55.6 Å². The summed E-state index contributed by atoms with van der Waals surface area (Å²) < 4.78 is 5.90. The summed E-state index contributed by atoms with van der Waals surface area (Å²) in [6.45, 7) is 2.46. The van der Waals surface area contributed by atoms with Gasteiger partial charge in [-0.05, 0) is 30.9 Å². The van der Waals surface area contributed by atoms with Crippen LogP contribution in [-0.2, 0) is 4.74 Å². The lowest BCUT2D eigenvalue weighted by Crippen LogP contribution is -2.35. The second-order valence-corrected chi connectivity index (χ2v) is 5.69. The molecule has 0 aliphatic carbocycles. The van der Waals surface area contributed by atoms with E-state index >= 15 is 0 Å². The second kappa shape index (κ2) is 6.34. The molecule has 0 bridgehead atoms. The third kappa shape index (κ3) is 3.45. The summed E-state index contributed by atoms with van der Waals surface area (Å²) in [5, 5.41) is 11.1. The van der Waals surface area contributed by atoms with Crippen LogP contribution in [0.25, 0.3) is 0 Å². The van der Waals surface area contributed by atoms with Crippen LogP contribution in [0.3, 0.4) is 0 Å². The molecule has 19 heavy (non-hydrogen) atoms. The third-order valence-electron chi connectivity index (χ3n) is 3.49. The second-order valence-electron chi connectivity index (χ2n) is 4.78. The molecular weight excluding hydrogens is 312 g/mol. The van der Waals surface area contributed by atoms with Gasteiger partial charge in [0.15, 0.2) is 0 Å². The fourth-order valence-electron chi connectivity index (χ4n) is 2.49. The van der Waals surface area contributed by atoms with Gasteiger partial charge in [-0.3, -0.25) is 10.1 Å². The van der Waals surface area contributed by atoms with Crippen molar-refractivity contribution in [2.24, 2.45) is 5.92 Å². The number of halogens is 1. The minimum absolute atomic E-state index is 0.166. The number of ether oxygens (including phenoxy) is 1. The fraction of sp³-hybridized carbons (Fsp3) is 0.538. The van der Waals surface area contributed by atoms with E-state index in [-0.39, 0.29) is 10.6 Å². The number of rotatable bonds is 4. The largest absolute Gasteiger partial charge is 0.384 e. The normalized spacial score (nSPS) is 16.6. The van der Waals surface area contributed by atoms with E-state index in [1.165, 1.54) is 0 Å². The van der Waals surface area contributed by atoms with Gasteiger partial charge in [0.25, 0.3) is 5.69 Å². The molecule has 1 fully saturated rings. The van der Waals surface area contributed by atoms with Gasteiger partial charge in [-0.25, -0.2) is 0 Å². The van der Waals surface area contributed by atoms with E-state index in [9.17, 15) is 10.1 Å². The summed E-state index contributed by atoms with van der Waals surface area (Å²) in [4.78, 5) is 12.9. The van der Waals surface area contributed by atoms with E-state index in [4.69, 9.17) is 4.74 Å². The maximum atomic E-state index is 11.1. The molecule has 0 saturated carbocycles. The first kappa shape index (κ1) is 14.3. The van der Waals surface area contributed by atoms with Crippen LogP contribution in [0.1, 0.15) is 12.8 Å². The molecule has 1 aromatic rings. The first-order valence-electron chi connectivity index (χ1n) is 6.29. The zero-order valence-electron chi connectivity index (χ0n) is 10.8. The van der Waals surface area contributed by atoms with Crippen LogP contribution in [0.4, 0.5) is 11.4 Å². The standard InChI is InChI=1S/C13H17BrN2O3/c1-19-9-10-4-6-15(7-5-10)12-3-2-11(14)8-13(12)16(17)18/h2-3,8,10H,4-7,9H2,1H3. The number of nitro benzene ring substituents is 1. The highest BCUT2D eigenvalue weighted by Gasteiger charge is 2.24. The summed E-state index contributed by atoms with van der Waals surface area (Å²) in [5.41, 5.74) is 0.878. The molecule has 1 aromatic carbocycles. The Morgan fingerprint density at radius 2 is 2.16 bits per heavy atom. The molecule has 0 radical (unpaired) electrons. The number of hydrogen-bond acceptors (Lipinski definition) is 4. The Hall–Kier alpha value is -1.14. The maximum Gasteiger partial charge on any atom is 0.293 e. The molecule has 0 N–H and O–H groups in total. The predicted molar refractivity (Wildman–Crippen MR) is 77.6 cm³/mol. The summed E-state index contributed by atoms with van der Waals surface area (Å²) in [5.74, 6) is 0.566. The van der Waals surface area contributed by atoms with Gasteiger partial charge < -0.3 is 9.64 Å². The Balaban J connectivity index is 2.13. The number of methoxy groups -OCH3 is 1. The number of nitro groups is 1. The third-order valence-corrected chi connectivity index (χ3v) is 3.98. The van der Waals surface area contributed by atoms with Crippen molar-refractivity contribution in [1.82, 2.24) is 0 Å². The van der Waals surface area contributed by atoms with Crippen LogP contribution in [0.5, 0.6) is 0 Å². The molecule has 1 heterocycles. The summed E-state index contributed by atoms with van der Waals surface area (Å²) in [7, 11) is 1.71. The van der Waals surface area contributed by atoms with Gasteiger partial charge >= 0.3 is 0 Å². The molecular formula is C13H17BrN2O3. The van der Waals surface area contributed by atoms with Gasteiger partial charge in [0.2, 0.25) is 0 Å². The van der Waals surface area contributed by atoms with E-state index in [1.807, 2.05) is 12.1 Å². The average molecular weight is 329 g/mol. The minimum Gasteiger partial charge on any atom is -0.384 e. The van der Waals surface area contributed by atoms with Gasteiger partial charge in [0, 0.05) is 37.3 Å². The maximum absolute atomic E-state index is 11.1. The lowest BCUT2D eigenvalue weighted by molar-refractivity contribution is -0.384. The molecule has 1 aliphatic rings. The molecule has 2 rings (SSSR count). The lowest BCUT2D eigenvalue weighted by atomic mass is 9.97. The van der Waals surface area contributed by atoms with Gasteiger partial charge in [-0.1, -0.05) is 15.9 Å². The van der Waals surface area contributed by atoms with Crippen molar-refractivity contribution >= 4 is 27.3 Å². The highest BCUT2D eigenvalue weighted by Crippen LogP contribution is 2.33. The fourth-order valence-corrected chi connectivity index (χ4v) is 2.84. The van der Waals surface area contributed by atoms with Gasteiger partial charge in [-0.15, -0.1) is 0 Å². The number of hydrogen-bond donors (Lipinski definition) is 0. The van der Waals surface area contributed by atoms with E-state index in [0.717, 1.165) is 37.0 Å². The first-order valence-corrected chi connectivity index (χ1v) is 7.09. The van der Waals surface area contributed by atoms with Crippen LogP contribution < -0.4 is 4.90 Å². The SMILES string of the molecule is COCC1CCN(c2ccc(Br)cc2[N+](=O)[O-])CC1. The van der Waals surface area contributed by atoms with E-state index in [0.29, 0.717) is 11.6 Å². The van der Waals surface area contributed by atoms with Gasteiger partial charge in [-0.2, -0.15) is 0 Å². The van der Waals surface area contributed by atoms with Crippen LogP contribution in [0.2, 0.25) is 0 Å². The molecule has 0 amide bonds. The average Bonchev–Trinajstić information content (AvgIpc) is 2.40. The van der Waals surface area contributed by atoms with Crippen molar-refractivity contribution in [2.45, 2.75) is 12.8 Å². The van der Waals surface area contributed by atoms with Crippen LogP contribution in [0.15, 0.2) is 22.7 Å². The highest BCUT2D eigenvalue weighted by molar-refractivity contribution is 9.10. The first-order chi connectivity index (χ1) is 9.11. The molecule has 104 valence electrons. The number of piperidine rings is 1. The molecule has 0 aromatic heterocycles. The molecule has 1 aliphatic heterocycles. The predicted octanol–water partition coefficient (Wildman–Crippen LogP) is 3.22. The van der Waals surface area contributed by atoms with Crippen molar-refractivity contribution < 1.29 is 9.66 Å². The van der Waals surface area contributed by atoms with Gasteiger partial charge in [0.1, 0.15) is 5.69 Å². The minimum atomic E-state index is -0.318. The molecule has 0 unspecified atom stereocenters. The summed E-state index contributed by atoms with van der Waals surface area (Å²) in [6.07, 6.45) is 2.03. The Kier molecular flexibility index (Phi) is 4.76. The van der Waals surface area contributed by atoms with Crippen molar-refractivity contribution in [3.8, 4) is 0 Å². The summed E-state index contributed by atoms with van der Waals surface area (Å²) >= 11 is 3.28. The van der Waals surface area contributed by atoms with Crippen LogP contribution >= 0.6 is 15.9 Å². The molecule has 5 nitrogen and oxygen atoms in total. The van der Waals surface area contributed by atoms with E-state index in [2.05, 4.69) is 20.8 Å². The quantitative estimate of drug-likeness (QED) is 0.629. The lowest BCUT2D eigenvalue weighted by Gasteiger charge is -2.33. The zero-order valence-corrected chi connectivity index (χ0v) is 12.4. The number of benzene rings is 1. The van der Waals surface area contributed by atoms with Gasteiger partial charge in [0.05, 0.1) is 4.92 Å². The molecule has 0 spiro atoms. The Morgan fingerprint density at radius 3 is 2.74 bits per heavy atom.